The van der Waals surface area contributed by atoms with Crippen LogP contribution in [-0.2, 0) is 10.2 Å². The van der Waals surface area contributed by atoms with E-state index in [2.05, 4.69) is 32.0 Å². The van der Waals surface area contributed by atoms with E-state index in [4.69, 9.17) is 20.6 Å². The first kappa shape index (κ1) is 21.0. The van der Waals surface area contributed by atoms with Crippen molar-refractivity contribution < 1.29 is 9.47 Å². The van der Waals surface area contributed by atoms with Gasteiger partial charge in [-0.25, -0.2) is 0 Å². The SMILES string of the molecule is CC1(C)c2ccccc2Oc2cccc(-c3ccc(C(=N)OC(N)c4ccccc4)cc3)c21. The van der Waals surface area contributed by atoms with E-state index in [-0.39, 0.29) is 11.3 Å². The van der Waals surface area contributed by atoms with Gasteiger partial charge in [0, 0.05) is 27.7 Å². The van der Waals surface area contributed by atoms with Crippen molar-refractivity contribution in [1.29, 1.82) is 5.41 Å². The van der Waals surface area contributed by atoms with Gasteiger partial charge in [0.05, 0.1) is 0 Å². The van der Waals surface area contributed by atoms with Gasteiger partial charge in [-0.1, -0.05) is 86.6 Å². The van der Waals surface area contributed by atoms with Crippen LogP contribution >= 0.6 is 0 Å². The van der Waals surface area contributed by atoms with E-state index in [1.54, 1.807) is 0 Å². The van der Waals surface area contributed by atoms with Crippen LogP contribution in [-0.4, -0.2) is 5.90 Å². The van der Waals surface area contributed by atoms with Crippen LogP contribution in [0, 0.1) is 5.41 Å². The Morgan fingerprint density at radius 3 is 2.24 bits per heavy atom. The topological polar surface area (TPSA) is 68.3 Å². The number of nitrogens with one attached hydrogen (secondary N) is 1. The normalized spacial score (nSPS) is 14.4. The van der Waals surface area contributed by atoms with Gasteiger partial charge in [-0.05, 0) is 35.4 Å². The van der Waals surface area contributed by atoms with Gasteiger partial charge in [-0.3, -0.25) is 11.1 Å². The fraction of sp³-hybridized carbons (Fsp3) is 0.138. The van der Waals surface area contributed by atoms with Crippen molar-refractivity contribution in [1.82, 2.24) is 0 Å². The molecule has 1 unspecified atom stereocenters. The van der Waals surface area contributed by atoms with Crippen LogP contribution in [0.5, 0.6) is 11.5 Å². The Morgan fingerprint density at radius 2 is 1.48 bits per heavy atom. The van der Waals surface area contributed by atoms with Crippen molar-refractivity contribution in [2.45, 2.75) is 25.5 Å². The third-order valence-electron chi connectivity index (χ3n) is 6.26. The molecule has 0 aromatic heterocycles. The fourth-order valence-electron chi connectivity index (χ4n) is 4.53. The molecule has 4 aromatic rings. The van der Waals surface area contributed by atoms with Gasteiger partial charge in [0.1, 0.15) is 11.5 Å². The fourth-order valence-corrected chi connectivity index (χ4v) is 4.53. The maximum atomic E-state index is 8.36. The average molecular weight is 435 g/mol. The molecule has 0 saturated heterocycles. The van der Waals surface area contributed by atoms with Crippen LogP contribution in [0.15, 0.2) is 97.1 Å². The molecule has 5 rings (SSSR count). The molecular formula is C29H26N2O2. The van der Waals surface area contributed by atoms with Gasteiger partial charge >= 0.3 is 0 Å². The lowest BCUT2D eigenvalue weighted by molar-refractivity contribution is 0.199. The Balaban J connectivity index is 1.44. The summed E-state index contributed by atoms with van der Waals surface area (Å²) in [6.45, 7) is 4.47. The summed E-state index contributed by atoms with van der Waals surface area (Å²) < 4.78 is 11.9. The van der Waals surface area contributed by atoms with Crippen LogP contribution in [0.2, 0.25) is 0 Å². The van der Waals surface area contributed by atoms with Gasteiger partial charge in [-0.2, -0.15) is 0 Å². The number of nitrogens with two attached hydrogens (primary N) is 1. The van der Waals surface area contributed by atoms with Crippen molar-refractivity contribution >= 4 is 5.90 Å². The van der Waals surface area contributed by atoms with Gasteiger partial charge < -0.3 is 9.47 Å². The minimum atomic E-state index is -0.683. The molecule has 0 saturated carbocycles. The average Bonchev–Trinajstić information content (AvgIpc) is 2.84. The quantitative estimate of drug-likeness (QED) is 0.211. The zero-order chi connectivity index (χ0) is 23.0. The Hall–Kier alpha value is -3.89. The Morgan fingerprint density at radius 1 is 0.818 bits per heavy atom. The van der Waals surface area contributed by atoms with E-state index in [0.717, 1.165) is 33.8 Å². The summed E-state index contributed by atoms with van der Waals surface area (Å²) in [6.07, 6.45) is -0.683. The smallest absolute Gasteiger partial charge is 0.215 e. The van der Waals surface area contributed by atoms with Gasteiger partial charge in [0.15, 0.2) is 6.23 Å². The number of rotatable bonds is 4. The molecule has 0 aliphatic carbocycles. The lowest BCUT2D eigenvalue weighted by atomic mass is 9.73. The largest absolute Gasteiger partial charge is 0.457 e. The Bertz CT molecular complexity index is 1310. The van der Waals surface area contributed by atoms with Crippen molar-refractivity contribution in [2.75, 3.05) is 0 Å². The van der Waals surface area contributed by atoms with Crippen molar-refractivity contribution in [3.8, 4) is 22.6 Å². The van der Waals surface area contributed by atoms with Crippen LogP contribution in [0.4, 0.5) is 0 Å². The highest BCUT2D eigenvalue weighted by Gasteiger charge is 2.36. The minimum Gasteiger partial charge on any atom is -0.457 e. The van der Waals surface area contributed by atoms with Crippen molar-refractivity contribution in [3.63, 3.8) is 0 Å². The first-order valence-electron chi connectivity index (χ1n) is 11.0. The highest BCUT2D eigenvalue weighted by atomic mass is 16.5. The lowest BCUT2D eigenvalue weighted by Crippen LogP contribution is -2.25. The molecule has 0 bridgehead atoms. The van der Waals surface area contributed by atoms with Crippen LogP contribution < -0.4 is 10.5 Å². The molecule has 0 spiro atoms. The molecular weight excluding hydrogens is 408 g/mol. The number of benzene rings is 4. The summed E-state index contributed by atoms with van der Waals surface area (Å²) in [6, 6.07) is 31.7. The van der Waals surface area contributed by atoms with Crippen LogP contribution in [0.3, 0.4) is 0 Å². The first-order valence-corrected chi connectivity index (χ1v) is 11.0. The summed E-state index contributed by atoms with van der Waals surface area (Å²) >= 11 is 0. The van der Waals surface area contributed by atoms with Gasteiger partial charge in [0.2, 0.25) is 5.90 Å². The molecule has 3 N–H and O–H groups in total. The second-order valence-corrected chi connectivity index (χ2v) is 8.76. The van der Waals surface area contributed by atoms with Crippen LogP contribution in [0.1, 0.15) is 42.3 Å². The highest BCUT2D eigenvalue weighted by molar-refractivity contribution is 5.92. The molecule has 1 atom stereocenters. The molecule has 0 fully saturated rings. The van der Waals surface area contributed by atoms with E-state index < -0.39 is 6.23 Å². The molecule has 1 aliphatic rings. The van der Waals surface area contributed by atoms with E-state index in [1.165, 1.54) is 5.56 Å². The number of para-hydroxylation sites is 1. The molecule has 0 amide bonds. The minimum absolute atomic E-state index is 0.0468. The molecule has 4 nitrogen and oxygen atoms in total. The molecule has 1 heterocycles. The zero-order valence-electron chi connectivity index (χ0n) is 18.7. The summed E-state index contributed by atoms with van der Waals surface area (Å²) in [7, 11) is 0. The number of hydrogen-bond acceptors (Lipinski definition) is 4. The third-order valence-corrected chi connectivity index (χ3v) is 6.26. The van der Waals surface area contributed by atoms with E-state index in [9.17, 15) is 0 Å². The predicted octanol–water partition coefficient (Wildman–Crippen LogP) is 6.78. The summed E-state index contributed by atoms with van der Waals surface area (Å²) in [5, 5.41) is 8.36. The van der Waals surface area contributed by atoms with E-state index in [0.29, 0.717) is 5.56 Å². The van der Waals surface area contributed by atoms with Crippen molar-refractivity contribution in [3.05, 3.63) is 119 Å². The monoisotopic (exact) mass is 434 g/mol. The number of ether oxygens (including phenoxy) is 2. The molecule has 164 valence electrons. The van der Waals surface area contributed by atoms with Gasteiger partial charge in [-0.15, -0.1) is 0 Å². The molecule has 4 aromatic carbocycles. The highest BCUT2D eigenvalue weighted by Crippen LogP contribution is 2.51. The maximum absolute atomic E-state index is 8.36. The number of hydrogen-bond donors (Lipinski definition) is 2. The van der Waals surface area contributed by atoms with Gasteiger partial charge in [0.25, 0.3) is 0 Å². The molecule has 33 heavy (non-hydrogen) atoms. The van der Waals surface area contributed by atoms with E-state index >= 15 is 0 Å². The molecule has 0 radical (unpaired) electrons. The third kappa shape index (κ3) is 3.79. The Labute approximate surface area is 194 Å². The van der Waals surface area contributed by atoms with Crippen LogP contribution in [0.25, 0.3) is 11.1 Å². The first-order chi connectivity index (χ1) is 15.9. The van der Waals surface area contributed by atoms with Crippen molar-refractivity contribution in [2.24, 2.45) is 5.73 Å². The Kier molecular flexibility index (Phi) is 5.23. The summed E-state index contributed by atoms with van der Waals surface area (Å²) in [5.74, 6) is 1.83. The summed E-state index contributed by atoms with van der Waals surface area (Å²) in [5.41, 5.74) is 11.9. The second kappa shape index (κ2) is 8.23. The molecule has 1 aliphatic heterocycles. The maximum Gasteiger partial charge on any atom is 0.215 e. The van der Waals surface area contributed by atoms with E-state index in [1.807, 2.05) is 78.9 Å². The molecule has 4 heteroatoms. The standard InChI is InChI=1S/C29H26N2O2/c1-29(2)23-12-6-7-13-24(23)32-25-14-8-11-22(26(25)29)19-15-17-21(18-16-19)28(31)33-27(30)20-9-4-3-5-10-20/h3-18,27,31H,30H2,1-2H3. The number of fused-ring (bicyclic) bond motifs is 2. The predicted molar refractivity (Wildman–Crippen MR) is 132 cm³/mol. The summed E-state index contributed by atoms with van der Waals surface area (Å²) in [4.78, 5) is 0. The zero-order valence-corrected chi connectivity index (χ0v) is 18.7. The second-order valence-electron chi connectivity index (χ2n) is 8.76. The lowest BCUT2D eigenvalue weighted by Gasteiger charge is -2.36.